The molecule has 6 heteroatoms. The van der Waals surface area contributed by atoms with E-state index in [-0.39, 0.29) is 17.7 Å². The largest absolute Gasteiger partial charge is 0.343 e. The molecule has 2 unspecified atom stereocenters. The van der Waals surface area contributed by atoms with E-state index in [0.29, 0.717) is 13.0 Å². The second-order valence-electron chi connectivity index (χ2n) is 5.10. The molecule has 1 N–H and O–H groups in total. The summed E-state index contributed by atoms with van der Waals surface area (Å²) >= 11 is 1.50. The Morgan fingerprint density at radius 1 is 1.47 bits per heavy atom. The molecule has 2 heterocycles. The number of nitrogens with zero attached hydrogens (tertiary/aromatic N) is 2. The molecule has 1 aliphatic rings. The van der Waals surface area contributed by atoms with E-state index in [1.54, 1.807) is 10.4 Å². The van der Waals surface area contributed by atoms with Gasteiger partial charge in [-0.2, -0.15) is 0 Å². The van der Waals surface area contributed by atoms with Gasteiger partial charge in [-0.1, -0.05) is 20.8 Å². The Hall–Kier alpha value is -1.43. The molecule has 2 rings (SSSR count). The number of nitrogens with one attached hydrogen (secondary N) is 1. The van der Waals surface area contributed by atoms with Crippen molar-refractivity contribution >= 4 is 23.2 Å². The van der Waals surface area contributed by atoms with Crippen LogP contribution < -0.4 is 5.32 Å². The van der Waals surface area contributed by atoms with E-state index in [4.69, 9.17) is 0 Å². The van der Waals surface area contributed by atoms with Crippen LogP contribution in [0.3, 0.4) is 0 Å². The van der Waals surface area contributed by atoms with Crippen molar-refractivity contribution in [2.24, 2.45) is 5.92 Å². The average Bonchev–Trinajstić information content (AvgIpc) is 2.85. The monoisotopic (exact) mass is 281 g/mol. The highest BCUT2D eigenvalue weighted by Crippen LogP contribution is 2.21. The lowest BCUT2D eigenvalue weighted by Crippen LogP contribution is -2.64. The number of carbonyl (C=O) groups excluding carboxylic acids is 2. The minimum atomic E-state index is -0.406. The summed E-state index contributed by atoms with van der Waals surface area (Å²) in [7, 11) is 0. The third-order valence-corrected chi connectivity index (χ3v) is 3.99. The highest BCUT2D eigenvalue weighted by Gasteiger charge is 2.41. The zero-order valence-electron chi connectivity index (χ0n) is 11.4. The van der Waals surface area contributed by atoms with Crippen molar-refractivity contribution in [2.75, 3.05) is 0 Å². The lowest BCUT2D eigenvalue weighted by atomic mass is 9.96. The fraction of sp³-hybridized carbons (Fsp3) is 0.615. The number of hydrogen-bond donors (Lipinski definition) is 1. The molecule has 1 fully saturated rings. The topological polar surface area (TPSA) is 62.3 Å². The smallest absolute Gasteiger partial charge is 0.246 e. The van der Waals surface area contributed by atoms with Crippen LogP contribution in [-0.4, -0.2) is 33.8 Å². The summed E-state index contributed by atoms with van der Waals surface area (Å²) < 4.78 is 0. The molecule has 1 saturated heterocycles. The van der Waals surface area contributed by atoms with Gasteiger partial charge >= 0.3 is 0 Å². The number of hydrogen-bond acceptors (Lipinski definition) is 4. The molecule has 104 valence electrons. The predicted octanol–water partition coefficient (Wildman–Crippen LogP) is 1.40. The van der Waals surface area contributed by atoms with Crippen molar-refractivity contribution in [3.63, 3.8) is 0 Å². The van der Waals surface area contributed by atoms with Gasteiger partial charge < -0.3 is 10.2 Å². The van der Waals surface area contributed by atoms with Crippen LogP contribution in [0, 0.1) is 5.92 Å². The maximum Gasteiger partial charge on any atom is 0.246 e. The third kappa shape index (κ3) is 2.78. The van der Waals surface area contributed by atoms with Crippen LogP contribution in [0.4, 0.5) is 0 Å². The Labute approximate surface area is 117 Å². The summed E-state index contributed by atoms with van der Waals surface area (Å²) in [6.45, 7) is 6.23. The standard InChI is InChI=1S/C13H19N3O2S/c1-4-10-13(18)16(5-9-6-19-7-14-9)11(8(2)3)12(17)15-10/h6-8,10-11H,4-5H2,1-3H3,(H,15,17). The summed E-state index contributed by atoms with van der Waals surface area (Å²) in [5, 5.41) is 4.72. The van der Waals surface area contributed by atoms with Gasteiger partial charge in [0.25, 0.3) is 0 Å². The summed E-state index contributed by atoms with van der Waals surface area (Å²) in [6, 6.07) is -0.807. The van der Waals surface area contributed by atoms with Crippen LogP contribution in [0.25, 0.3) is 0 Å². The minimum Gasteiger partial charge on any atom is -0.343 e. The molecule has 0 aliphatic carbocycles. The zero-order chi connectivity index (χ0) is 14.0. The molecule has 2 atom stereocenters. The third-order valence-electron chi connectivity index (χ3n) is 3.36. The summed E-state index contributed by atoms with van der Waals surface area (Å²) in [5.41, 5.74) is 2.58. The molecular weight excluding hydrogens is 262 g/mol. The molecule has 1 aromatic rings. The van der Waals surface area contributed by atoms with Crippen LogP contribution >= 0.6 is 11.3 Å². The highest BCUT2D eigenvalue weighted by molar-refractivity contribution is 7.07. The second-order valence-corrected chi connectivity index (χ2v) is 5.82. The number of piperazine rings is 1. The van der Waals surface area contributed by atoms with Gasteiger partial charge in [0, 0.05) is 5.38 Å². The lowest BCUT2D eigenvalue weighted by Gasteiger charge is -2.40. The Bertz CT molecular complexity index is 458. The van der Waals surface area contributed by atoms with Gasteiger partial charge in [-0.3, -0.25) is 9.59 Å². The van der Waals surface area contributed by atoms with Gasteiger partial charge in [-0.25, -0.2) is 4.98 Å². The van der Waals surface area contributed by atoms with Crippen molar-refractivity contribution in [3.05, 3.63) is 16.6 Å². The number of amides is 2. The van der Waals surface area contributed by atoms with Crippen molar-refractivity contribution < 1.29 is 9.59 Å². The molecule has 0 bridgehead atoms. The van der Waals surface area contributed by atoms with E-state index in [0.717, 1.165) is 5.69 Å². The molecule has 1 aromatic heterocycles. The Morgan fingerprint density at radius 3 is 2.74 bits per heavy atom. The first kappa shape index (κ1) is 14.0. The van der Waals surface area contributed by atoms with Crippen molar-refractivity contribution in [2.45, 2.75) is 45.8 Å². The van der Waals surface area contributed by atoms with E-state index in [2.05, 4.69) is 10.3 Å². The fourth-order valence-corrected chi connectivity index (χ4v) is 2.95. The van der Waals surface area contributed by atoms with Crippen molar-refractivity contribution in [1.82, 2.24) is 15.2 Å². The van der Waals surface area contributed by atoms with E-state index in [1.165, 1.54) is 11.3 Å². The first-order valence-electron chi connectivity index (χ1n) is 6.52. The summed E-state index contributed by atoms with van der Waals surface area (Å²) in [4.78, 5) is 30.5. The molecule has 19 heavy (non-hydrogen) atoms. The number of rotatable bonds is 4. The van der Waals surface area contributed by atoms with Gasteiger partial charge in [-0.15, -0.1) is 11.3 Å². The van der Waals surface area contributed by atoms with Crippen LogP contribution in [-0.2, 0) is 16.1 Å². The van der Waals surface area contributed by atoms with E-state index < -0.39 is 12.1 Å². The first-order chi connectivity index (χ1) is 9.04. The van der Waals surface area contributed by atoms with E-state index in [9.17, 15) is 9.59 Å². The van der Waals surface area contributed by atoms with Crippen molar-refractivity contribution in [3.8, 4) is 0 Å². The van der Waals surface area contributed by atoms with Crippen LogP contribution in [0.1, 0.15) is 32.9 Å². The quantitative estimate of drug-likeness (QED) is 0.907. The zero-order valence-corrected chi connectivity index (χ0v) is 12.2. The molecule has 0 spiro atoms. The lowest BCUT2D eigenvalue weighted by molar-refractivity contribution is -0.152. The molecule has 0 radical (unpaired) electrons. The number of thiazole rings is 1. The summed E-state index contributed by atoms with van der Waals surface area (Å²) in [6.07, 6.45) is 0.614. The molecule has 1 aliphatic heterocycles. The van der Waals surface area contributed by atoms with Gasteiger partial charge in [0.15, 0.2) is 0 Å². The molecule has 0 aromatic carbocycles. The first-order valence-corrected chi connectivity index (χ1v) is 7.46. The Balaban J connectivity index is 2.26. The average molecular weight is 281 g/mol. The normalized spacial score (nSPS) is 23.9. The van der Waals surface area contributed by atoms with Gasteiger partial charge in [0.05, 0.1) is 17.7 Å². The van der Waals surface area contributed by atoms with Gasteiger partial charge in [0.1, 0.15) is 12.1 Å². The van der Waals surface area contributed by atoms with E-state index >= 15 is 0 Å². The van der Waals surface area contributed by atoms with Gasteiger partial charge in [0.2, 0.25) is 11.8 Å². The van der Waals surface area contributed by atoms with Crippen LogP contribution in [0.5, 0.6) is 0 Å². The number of carbonyl (C=O) groups is 2. The number of aromatic nitrogens is 1. The SMILES string of the molecule is CCC1NC(=O)C(C(C)C)N(Cc2cscn2)C1=O. The minimum absolute atomic E-state index is 0.00574. The fourth-order valence-electron chi connectivity index (χ4n) is 2.40. The molecular formula is C13H19N3O2S. The molecule has 2 amide bonds. The summed E-state index contributed by atoms with van der Waals surface area (Å²) in [5.74, 6) is 0.0193. The maximum atomic E-state index is 12.4. The van der Waals surface area contributed by atoms with E-state index in [1.807, 2.05) is 26.2 Å². The Morgan fingerprint density at radius 2 is 2.21 bits per heavy atom. The second kappa shape index (κ2) is 5.69. The molecule has 5 nitrogen and oxygen atoms in total. The van der Waals surface area contributed by atoms with Crippen LogP contribution in [0.2, 0.25) is 0 Å². The molecule has 0 saturated carbocycles. The maximum absolute atomic E-state index is 12.4. The van der Waals surface area contributed by atoms with Crippen molar-refractivity contribution in [1.29, 1.82) is 0 Å². The highest BCUT2D eigenvalue weighted by atomic mass is 32.1. The predicted molar refractivity (Wildman–Crippen MR) is 73.5 cm³/mol. The van der Waals surface area contributed by atoms with Crippen LogP contribution in [0.15, 0.2) is 10.9 Å². The van der Waals surface area contributed by atoms with Gasteiger partial charge in [-0.05, 0) is 12.3 Å². The Kier molecular flexibility index (Phi) is 4.19.